The first-order chi connectivity index (χ1) is 8.04. The van der Waals surface area contributed by atoms with E-state index in [1.807, 2.05) is 0 Å². The van der Waals surface area contributed by atoms with Crippen molar-refractivity contribution in [2.75, 3.05) is 6.61 Å². The second-order valence-electron chi connectivity index (χ2n) is 3.08. The Balaban J connectivity index is 3.00. The van der Waals surface area contributed by atoms with Gasteiger partial charge in [0.1, 0.15) is 6.61 Å². The van der Waals surface area contributed by atoms with Crippen LogP contribution in [0.3, 0.4) is 0 Å². The van der Waals surface area contributed by atoms with Crippen molar-refractivity contribution in [2.24, 2.45) is 0 Å². The molecule has 1 N–H and O–H groups in total. The van der Waals surface area contributed by atoms with E-state index in [0.29, 0.717) is 0 Å². The average molecular weight is 240 g/mol. The van der Waals surface area contributed by atoms with Gasteiger partial charge in [-0.15, -0.1) is 0 Å². The summed E-state index contributed by atoms with van der Waals surface area (Å²) in [5.41, 5.74) is 0.105. The van der Waals surface area contributed by atoms with E-state index in [0.717, 1.165) is 24.3 Å². The molecule has 0 amide bonds. The Morgan fingerprint density at radius 2 is 2.00 bits per heavy atom. The molecule has 90 valence electrons. The van der Waals surface area contributed by atoms with Crippen molar-refractivity contribution in [3.8, 4) is 5.75 Å². The predicted octanol–water partition coefficient (Wildman–Crippen LogP) is 2.63. The topological polar surface area (TPSA) is 46.5 Å². The number of benzene rings is 1. The minimum absolute atomic E-state index is 0.0157. The maximum Gasteiger partial charge on any atom is 0.328 e. The molecule has 0 aromatic heterocycles. The fourth-order valence-electron chi connectivity index (χ4n) is 1.12. The second kappa shape index (κ2) is 5.79. The van der Waals surface area contributed by atoms with Gasteiger partial charge in [-0.1, -0.05) is 12.7 Å². The van der Waals surface area contributed by atoms with E-state index in [9.17, 15) is 13.6 Å². The van der Waals surface area contributed by atoms with Gasteiger partial charge in [-0.3, -0.25) is 0 Å². The highest BCUT2D eigenvalue weighted by Crippen LogP contribution is 2.23. The normalized spacial score (nSPS) is 10.5. The first-order valence-corrected chi connectivity index (χ1v) is 4.68. The maximum atomic E-state index is 13.4. The summed E-state index contributed by atoms with van der Waals surface area (Å²) >= 11 is 0. The number of carbonyl (C=O) groups is 1. The van der Waals surface area contributed by atoms with E-state index >= 15 is 0 Å². The maximum absolute atomic E-state index is 13.4. The minimum atomic E-state index is -1.20. The van der Waals surface area contributed by atoms with Crippen LogP contribution in [-0.2, 0) is 4.79 Å². The zero-order chi connectivity index (χ0) is 12.8. The number of ether oxygens (including phenoxy) is 1. The van der Waals surface area contributed by atoms with E-state index in [1.54, 1.807) is 0 Å². The molecule has 0 atom stereocenters. The first kappa shape index (κ1) is 12.9. The molecule has 0 radical (unpaired) electrons. The van der Waals surface area contributed by atoms with Gasteiger partial charge in [-0.05, 0) is 23.8 Å². The Morgan fingerprint density at radius 1 is 1.41 bits per heavy atom. The van der Waals surface area contributed by atoms with Crippen LogP contribution in [0.5, 0.6) is 5.75 Å². The molecule has 0 bridgehead atoms. The lowest BCUT2D eigenvalue weighted by Crippen LogP contribution is -1.99. The van der Waals surface area contributed by atoms with Gasteiger partial charge >= 0.3 is 5.97 Å². The van der Waals surface area contributed by atoms with Crippen molar-refractivity contribution in [3.63, 3.8) is 0 Å². The van der Waals surface area contributed by atoms with Crippen LogP contribution in [0.15, 0.2) is 30.9 Å². The third-order valence-corrected chi connectivity index (χ3v) is 1.78. The first-order valence-electron chi connectivity index (χ1n) is 4.68. The lowest BCUT2D eigenvalue weighted by molar-refractivity contribution is -0.131. The van der Waals surface area contributed by atoms with Gasteiger partial charge in [0.25, 0.3) is 0 Å². The molecule has 0 unspecified atom stereocenters. The summed E-state index contributed by atoms with van der Waals surface area (Å²) < 4.78 is 31.5. The molecule has 1 rings (SSSR count). The summed E-state index contributed by atoms with van der Waals surface area (Å²) in [6.45, 7) is 3.34. The summed E-state index contributed by atoms with van der Waals surface area (Å²) in [7, 11) is 0. The van der Waals surface area contributed by atoms with Gasteiger partial charge in [0.2, 0.25) is 0 Å². The summed E-state index contributed by atoms with van der Waals surface area (Å²) in [6.07, 6.45) is 3.24. The highest BCUT2D eigenvalue weighted by molar-refractivity contribution is 5.85. The number of hydrogen-bond acceptors (Lipinski definition) is 2. The van der Waals surface area contributed by atoms with Gasteiger partial charge in [-0.2, -0.15) is 0 Å². The molecule has 0 aliphatic carbocycles. The largest absolute Gasteiger partial charge is 0.483 e. The molecule has 1 aromatic rings. The van der Waals surface area contributed by atoms with Crippen LogP contribution in [0.25, 0.3) is 6.08 Å². The molecule has 17 heavy (non-hydrogen) atoms. The van der Waals surface area contributed by atoms with Gasteiger partial charge in [0.15, 0.2) is 17.4 Å². The van der Waals surface area contributed by atoms with Crippen LogP contribution in [0.1, 0.15) is 5.56 Å². The molecule has 1 aromatic carbocycles. The molecule has 0 aliphatic rings. The Labute approximate surface area is 96.6 Å². The van der Waals surface area contributed by atoms with Crippen LogP contribution in [0.2, 0.25) is 0 Å². The van der Waals surface area contributed by atoms with Crippen LogP contribution in [0, 0.1) is 11.6 Å². The molecular formula is C12H10F2O3. The molecular weight excluding hydrogens is 230 g/mol. The zero-order valence-electron chi connectivity index (χ0n) is 8.82. The van der Waals surface area contributed by atoms with E-state index in [2.05, 4.69) is 6.58 Å². The van der Waals surface area contributed by atoms with Gasteiger partial charge in [-0.25, -0.2) is 13.6 Å². The van der Waals surface area contributed by atoms with Crippen LogP contribution >= 0.6 is 0 Å². The quantitative estimate of drug-likeness (QED) is 0.635. The molecule has 0 aliphatic heterocycles. The standard InChI is InChI=1S/C12H10F2O3/c1-2-5-17-12-9(13)6-8(7-10(12)14)3-4-11(15)16/h2-4,6-7H,1,5H2,(H,15,16). The van der Waals surface area contributed by atoms with E-state index in [1.165, 1.54) is 6.08 Å². The summed E-state index contributed by atoms with van der Waals surface area (Å²) in [5.74, 6) is -3.48. The molecule has 0 heterocycles. The number of halogens is 2. The van der Waals surface area contributed by atoms with Crippen molar-refractivity contribution in [2.45, 2.75) is 0 Å². The monoisotopic (exact) mass is 240 g/mol. The average Bonchev–Trinajstić information content (AvgIpc) is 2.25. The number of carboxylic acid groups (broad SMARTS) is 1. The van der Waals surface area contributed by atoms with Crippen LogP contribution < -0.4 is 4.74 Å². The molecule has 0 fully saturated rings. The van der Waals surface area contributed by atoms with Crippen LogP contribution in [0.4, 0.5) is 8.78 Å². The van der Waals surface area contributed by atoms with Crippen LogP contribution in [-0.4, -0.2) is 17.7 Å². The van der Waals surface area contributed by atoms with Gasteiger partial charge in [0, 0.05) is 6.08 Å². The summed E-state index contributed by atoms with van der Waals surface area (Å²) in [4.78, 5) is 10.2. The predicted molar refractivity (Wildman–Crippen MR) is 58.7 cm³/mol. The number of hydrogen-bond donors (Lipinski definition) is 1. The smallest absolute Gasteiger partial charge is 0.328 e. The third kappa shape index (κ3) is 3.71. The Kier molecular flexibility index (Phi) is 4.39. The fraction of sp³-hybridized carbons (Fsp3) is 0.0833. The lowest BCUT2D eigenvalue weighted by atomic mass is 10.2. The van der Waals surface area contributed by atoms with Crippen molar-refractivity contribution in [3.05, 3.63) is 48.1 Å². The molecule has 0 saturated heterocycles. The third-order valence-electron chi connectivity index (χ3n) is 1.78. The Bertz CT molecular complexity index is 444. The Morgan fingerprint density at radius 3 is 2.47 bits per heavy atom. The second-order valence-corrected chi connectivity index (χ2v) is 3.08. The molecule has 0 spiro atoms. The number of aliphatic carboxylic acids is 1. The SMILES string of the molecule is C=CCOc1c(F)cc(C=CC(=O)O)cc1F. The highest BCUT2D eigenvalue weighted by atomic mass is 19.1. The van der Waals surface area contributed by atoms with Crippen molar-refractivity contribution in [1.82, 2.24) is 0 Å². The zero-order valence-corrected chi connectivity index (χ0v) is 8.82. The van der Waals surface area contributed by atoms with Crippen molar-refractivity contribution in [1.29, 1.82) is 0 Å². The highest BCUT2D eigenvalue weighted by Gasteiger charge is 2.11. The number of carboxylic acids is 1. The minimum Gasteiger partial charge on any atom is -0.483 e. The van der Waals surface area contributed by atoms with E-state index in [4.69, 9.17) is 9.84 Å². The van der Waals surface area contributed by atoms with Crippen molar-refractivity contribution >= 4 is 12.0 Å². The van der Waals surface area contributed by atoms with Crippen molar-refractivity contribution < 1.29 is 23.4 Å². The number of rotatable bonds is 5. The summed E-state index contributed by atoms with van der Waals surface area (Å²) in [5, 5.41) is 8.37. The van der Waals surface area contributed by atoms with Gasteiger partial charge in [0.05, 0.1) is 0 Å². The lowest BCUT2D eigenvalue weighted by Gasteiger charge is -2.06. The van der Waals surface area contributed by atoms with Gasteiger partial charge < -0.3 is 9.84 Å². The molecule has 5 heteroatoms. The molecule has 0 saturated carbocycles. The van der Waals surface area contributed by atoms with E-state index in [-0.39, 0.29) is 12.2 Å². The fourth-order valence-corrected chi connectivity index (χ4v) is 1.12. The summed E-state index contributed by atoms with van der Waals surface area (Å²) in [6, 6.07) is 1.97. The Hall–Kier alpha value is -2.17. The molecule has 3 nitrogen and oxygen atoms in total. The van der Waals surface area contributed by atoms with E-state index < -0.39 is 23.4 Å².